The molecule has 0 aliphatic carbocycles. The van der Waals surface area contributed by atoms with Crippen LogP contribution in [0.4, 0.5) is 0 Å². The SMILES string of the molecule is NC1SC(=S)N(N2CCOCC2)C1=O. The number of hydrogen-bond acceptors (Lipinski definition) is 6. The molecule has 2 rings (SSSR count). The Hall–Kier alpha value is -0.210. The van der Waals surface area contributed by atoms with E-state index in [9.17, 15) is 4.79 Å². The maximum atomic E-state index is 11.6. The van der Waals surface area contributed by atoms with Crippen LogP contribution in [0, 0.1) is 0 Å². The van der Waals surface area contributed by atoms with Crippen molar-refractivity contribution < 1.29 is 9.53 Å². The first-order valence-electron chi connectivity index (χ1n) is 4.33. The molecule has 2 heterocycles. The highest BCUT2D eigenvalue weighted by molar-refractivity contribution is 8.24. The quantitative estimate of drug-likeness (QED) is 0.609. The summed E-state index contributed by atoms with van der Waals surface area (Å²) in [6, 6.07) is 0. The molecule has 5 nitrogen and oxygen atoms in total. The number of amides is 1. The van der Waals surface area contributed by atoms with Gasteiger partial charge >= 0.3 is 0 Å². The van der Waals surface area contributed by atoms with Crippen LogP contribution in [0.25, 0.3) is 0 Å². The number of carbonyl (C=O) groups excluding carboxylic acids is 1. The molecule has 2 saturated heterocycles. The van der Waals surface area contributed by atoms with Crippen LogP contribution in [0.2, 0.25) is 0 Å². The van der Waals surface area contributed by atoms with E-state index >= 15 is 0 Å². The topological polar surface area (TPSA) is 58.8 Å². The van der Waals surface area contributed by atoms with Gasteiger partial charge in [-0.05, 0) is 0 Å². The summed E-state index contributed by atoms with van der Waals surface area (Å²) in [5, 5.41) is 2.87. The van der Waals surface area contributed by atoms with Crippen molar-refractivity contribution in [3.63, 3.8) is 0 Å². The van der Waals surface area contributed by atoms with Crippen molar-refractivity contribution in [2.75, 3.05) is 26.3 Å². The van der Waals surface area contributed by atoms with Gasteiger partial charge in [-0.1, -0.05) is 24.0 Å². The zero-order valence-corrected chi connectivity index (χ0v) is 9.14. The van der Waals surface area contributed by atoms with E-state index in [0.717, 1.165) is 0 Å². The summed E-state index contributed by atoms with van der Waals surface area (Å²) in [6.07, 6.45) is 0. The Morgan fingerprint density at radius 2 is 2.14 bits per heavy atom. The molecule has 1 atom stereocenters. The van der Waals surface area contributed by atoms with Gasteiger partial charge in [0.25, 0.3) is 5.91 Å². The summed E-state index contributed by atoms with van der Waals surface area (Å²) in [5.41, 5.74) is 5.59. The first-order valence-corrected chi connectivity index (χ1v) is 5.62. The van der Waals surface area contributed by atoms with Crippen LogP contribution in [-0.2, 0) is 9.53 Å². The third kappa shape index (κ3) is 1.78. The van der Waals surface area contributed by atoms with E-state index in [1.807, 2.05) is 5.01 Å². The van der Waals surface area contributed by atoms with Gasteiger partial charge in [-0.3, -0.25) is 4.79 Å². The lowest BCUT2D eigenvalue weighted by Gasteiger charge is -2.33. The van der Waals surface area contributed by atoms with Gasteiger partial charge in [-0.25, -0.2) is 10.0 Å². The number of nitrogens with two attached hydrogens (primary N) is 1. The number of morpholine rings is 1. The summed E-state index contributed by atoms with van der Waals surface area (Å²) in [6.45, 7) is 2.65. The summed E-state index contributed by atoms with van der Waals surface area (Å²) in [4.78, 5) is 11.6. The Bertz CT molecular complexity index is 268. The molecule has 2 N–H and O–H groups in total. The largest absolute Gasteiger partial charge is 0.379 e. The molecular weight excluding hydrogens is 222 g/mol. The van der Waals surface area contributed by atoms with Crippen LogP contribution < -0.4 is 5.73 Å². The molecule has 14 heavy (non-hydrogen) atoms. The molecule has 2 fully saturated rings. The minimum atomic E-state index is -0.537. The van der Waals surface area contributed by atoms with E-state index in [1.54, 1.807) is 0 Å². The van der Waals surface area contributed by atoms with E-state index in [4.69, 9.17) is 22.7 Å². The highest BCUT2D eigenvalue weighted by atomic mass is 32.2. The van der Waals surface area contributed by atoms with Crippen LogP contribution in [-0.4, -0.2) is 51.9 Å². The number of thioether (sulfide) groups is 1. The normalized spacial score (nSPS) is 30.1. The number of hydrogen-bond donors (Lipinski definition) is 1. The summed E-state index contributed by atoms with van der Waals surface area (Å²) in [5.74, 6) is -0.123. The van der Waals surface area contributed by atoms with Gasteiger partial charge < -0.3 is 10.5 Å². The van der Waals surface area contributed by atoms with E-state index < -0.39 is 5.37 Å². The lowest BCUT2D eigenvalue weighted by atomic mass is 10.5. The Labute approximate surface area is 91.5 Å². The van der Waals surface area contributed by atoms with Crippen molar-refractivity contribution in [1.29, 1.82) is 0 Å². The molecule has 0 radical (unpaired) electrons. The monoisotopic (exact) mass is 233 g/mol. The second-order valence-electron chi connectivity index (χ2n) is 3.02. The molecular formula is C7H11N3O2S2. The lowest BCUT2D eigenvalue weighted by Crippen LogP contribution is -2.52. The third-order valence-corrected chi connectivity index (χ3v) is 3.41. The zero-order valence-electron chi connectivity index (χ0n) is 7.51. The fourth-order valence-electron chi connectivity index (χ4n) is 1.43. The predicted molar refractivity (Wildman–Crippen MR) is 57.4 cm³/mol. The van der Waals surface area contributed by atoms with Crippen LogP contribution in [0.5, 0.6) is 0 Å². The maximum absolute atomic E-state index is 11.6. The molecule has 0 bridgehead atoms. The Kier molecular flexibility index (Phi) is 3.03. The second kappa shape index (κ2) is 4.11. The van der Waals surface area contributed by atoms with Gasteiger partial charge in [0.15, 0.2) is 4.32 Å². The molecule has 78 valence electrons. The van der Waals surface area contributed by atoms with Gasteiger partial charge in [0.1, 0.15) is 5.37 Å². The molecule has 0 aromatic heterocycles. The van der Waals surface area contributed by atoms with Crippen molar-refractivity contribution in [2.24, 2.45) is 5.73 Å². The molecule has 1 amide bonds. The number of ether oxygens (including phenoxy) is 1. The van der Waals surface area contributed by atoms with Crippen molar-refractivity contribution in [3.05, 3.63) is 0 Å². The van der Waals surface area contributed by atoms with Crippen LogP contribution >= 0.6 is 24.0 Å². The number of hydrazine groups is 1. The number of nitrogens with zero attached hydrogens (tertiary/aromatic N) is 2. The van der Waals surface area contributed by atoms with E-state index in [0.29, 0.717) is 30.6 Å². The van der Waals surface area contributed by atoms with Gasteiger partial charge in [0.2, 0.25) is 0 Å². The van der Waals surface area contributed by atoms with Gasteiger partial charge in [-0.2, -0.15) is 0 Å². The first-order chi connectivity index (χ1) is 6.70. The standard InChI is InChI=1S/C7H11N3O2S2/c8-5-6(11)10(7(13)14-5)9-1-3-12-4-2-9/h5H,1-4,8H2. The van der Waals surface area contributed by atoms with Gasteiger partial charge in [0.05, 0.1) is 13.2 Å². The highest BCUT2D eigenvalue weighted by Gasteiger charge is 2.38. The maximum Gasteiger partial charge on any atom is 0.270 e. The fourth-order valence-corrected chi connectivity index (χ4v) is 2.67. The molecule has 0 aromatic rings. The Balaban J connectivity index is 2.08. The Morgan fingerprint density at radius 1 is 1.50 bits per heavy atom. The van der Waals surface area contributed by atoms with Gasteiger partial charge in [0, 0.05) is 13.1 Å². The molecule has 2 aliphatic heterocycles. The molecule has 0 saturated carbocycles. The molecule has 0 spiro atoms. The minimum absolute atomic E-state index is 0.123. The molecule has 1 unspecified atom stereocenters. The average Bonchev–Trinajstić information content (AvgIpc) is 2.43. The number of carbonyl (C=O) groups is 1. The van der Waals surface area contributed by atoms with Gasteiger partial charge in [-0.15, -0.1) is 0 Å². The van der Waals surface area contributed by atoms with Crippen LogP contribution in [0.15, 0.2) is 0 Å². The number of rotatable bonds is 1. The summed E-state index contributed by atoms with van der Waals surface area (Å²) in [7, 11) is 0. The highest BCUT2D eigenvalue weighted by Crippen LogP contribution is 2.25. The minimum Gasteiger partial charge on any atom is -0.379 e. The molecule has 0 aromatic carbocycles. The average molecular weight is 233 g/mol. The second-order valence-corrected chi connectivity index (χ2v) is 4.80. The predicted octanol–water partition coefficient (Wildman–Crippen LogP) is -0.621. The Morgan fingerprint density at radius 3 is 2.64 bits per heavy atom. The van der Waals surface area contributed by atoms with Crippen molar-refractivity contribution in [1.82, 2.24) is 10.0 Å². The van der Waals surface area contributed by atoms with Crippen molar-refractivity contribution in [2.45, 2.75) is 5.37 Å². The zero-order chi connectivity index (χ0) is 10.1. The number of thiocarbonyl (C=S) groups is 1. The fraction of sp³-hybridized carbons (Fsp3) is 0.714. The van der Waals surface area contributed by atoms with Crippen molar-refractivity contribution in [3.8, 4) is 0 Å². The van der Waals surface area contributed by atoms with Crippen molar-refractivity contribution >= 4 is 34.2 Å². The molecule has 7 heteroatoms. The van der Waals surface area contributed by atoms with Crippen LogP contribution in [0.3, 0.4) is 0 Å². The molecule has 2 aliphatic rings. The van der Waals surface area contributed by atoms with E-state index in [1.165, 1.54) is 16.8 Å². The summed E-state index contributed by atoms with van der Waals surface area (Å²) < 4.78 is 5.74. The first kappa shape index (κ1) is 10.3. The third-order valence-electron chi connectivity index (χ3n) is 2.12. The van der Waals surface area contributed by atoms with E-state index in [-0.39, 0.29) is 5.91 Å². The van der Waals surface area contributed by atoms with Crippen LogP contribution in [0.1, 0.15) is 0 Å². The summed E-state index contributed by atoms with van der Waals surface area (Å²) >= 11 is 6.31. The smallest absolute Gasteiger partial charge is 0.270 e. The van der Waals surface area contributed by atoms with E-state index in [2.05, 4.69) is 0 Å². The lowest BCUT2D eigenvalue weighted by molar-refractivity contribution is -0.142.